The Morgan fingerprint density at radius 1 is 0.610 bits per heavy atom. The summed E-state index contributed by atoms with van der Waals surface area (Å²) in [6.07, 6.45) is 3.77. The van der Waals surface area contributed by atoms with E-state index in [2.05, 4.69) is 130 Å². The van der Waals surface area contributed by atoms with E-state index in [0.717, 1.165) is 66.6 Å². The van der Waals surface area contributed by atoms with Crippen molar-refractivity contribution in [3.63, 3.8) is 0 Å². The quantitative estimate of drug-likeness (QED) is 0.118. The van der Waals surface area contributed by atoms with Gasteiger partial charge in [0, 0.05) is 40.4 Å². The van der Waals surface area contributed by atoms with Gasteiger partial charge < -0.3 is 23.9 Å². The Morgan fingerprint density at radius 3 is 1.92 bits per heavy atom. The zero-order valence-electron chi connectivity index (χ0n) is 32.7. The molecule has 5 nitrogen and oxygen atoms in total. The number of fused-ring (bicyclic) bond motifs is 4. The molecule has 0 bridgehead atoms. The molecule has 9 aromatic rings. The molecule has 0 unspecified atom stereocenters. The monoisotopic (exact) mass is 943 g/mol. The van der Waals surface area contributed by atoms with Crippen molar-refractivity contribution in [2.24, 2.45) is 0 Å². The van der Waals surface area contributed by atoms with Gasteiger partial charge in [-0.05, 0) is 62.6 Å². The van der Waals surface area contributed by atoms with Gasteiger partial charge in [-0.15, -0.1) is 47.5 Å². The van der Waals surface area contributed by atoms with Crippen LogP contribution in [0.5, 0.6) is 23.2 Å². The summed E-state index contributed by atoms with van der Waals surface area (Å²) in [4.78, 5) is 9.57. The SMILES string of the molecule is CC(C)(C)c1ccc(-c2[c-]c(Oc3[c-]c(-c4nccc5c6c(oc45)Oc4ccccc4B6c4cc(-c5ccccc5)cc(-c5ccccc5)c4)ccc3)ccc2)nc1.[Pt+2]. The molecule has 1 aliphatic rings. The number of pyridine rings is 2. The second-order valence-electron chi connectivity index (χ2n) is 15.6. The van der Waals surface area contributed by atoms with E-state index in [4.69, 9.17) is 23.9 Å². The van der Waals surface area contributed by atoms with Crippen LogP contribution in [0.4, 0.5) is 0 Å². The summed E-state index contributed by atoms with van der Waals surface area (Å²) in [6.45, 7) is 6.37. The van der Waals surface area contributed by atoms with Gasteiger partial charge in [0.1, 0.15) is 11.3 Å². The molecular weight excluding hydrogens is 906 g/mol. The van der Waals surface area contributed by atoms with Crippen molar-refractivity contribution in [2.45, 2.75) is 26.2 Å². The number of ether oxygens (including phenoxy) is 2. The molecule has 0 fully saturated rings. The second-order valence-corrected chi connectivity index (χ2v) is 15.6. The first-order chi connectivity index (χ1) is 28.4. The van der Waals surface area contributed by atoms with E-state index in [9.17, 15) is 0 Å². The minimum absolute atomic E-state index is 0. The molecule has 286 valence electrons. The fourth-order valence-electron chi connectivity index (χ4n) is 7.81. The molecule has 0 amide bonds. The van der Waals surface area contributed by atoms with Gasteiger partial charge in [0.25, 0.3) is 12.7 Å². The Balaban J connectivity index is 0.00000449. The summed E-state index contributed by atoms with van der Waals surface area (Å²) >= 11 is 0. The number of hydrogen-bond acceptors (Lipinski definition) is 5. The number of benzene rings is 6. The summed E-state index contributed by atoms with van der Waals surface area (Å²) in [5, 5.41) is 0.927. The Bertz CT molecular complexity index is 2880. The predicted molar refractivity (Wildman–Crippen MR) is 234 cm³/mol. The van der Waals surface area contributed by atoms with Gasteiger partial charge in [0.15, 0.2) is 0 Å². The fourth-order valence-corrected chi connectivity index (χ4v) is 7.81. The maximum atomic E-state index is 6.71. The molecule has 59 heavy (non-hydrogen) atoms. The minimum atomic E-state index is -0.178. The number of para-hydroxylation sites is 1. The van der Waals surface area contributed by atoms with Crippen molar-refractivity contribution in [3.8, 4) is 68.0 Å². The van der Waals surface area contributed by atoms with Crippen molar-refractivity contribution in [2.75, 3.05) is 0 Å². The molecule has 7 heteroatoms. The summed E-state index contributed by atoms with van der Waals surface area (Å²) in [5.41, 5.74) is 12.6. The molecule has 0 saturated heterocycles. The van der Waals surface area contributed by atoms with Crippen LogP contribution in [-0.2, 0) is 26.5 Å². The van der Waals surface area contributed by atoms with E-state index < -0.39 is 0 Å². The Morgan fingerprint density at radius 2 is 1.25 bits per heavy atom. The molecule has 0 N–H and O–H groups in total. The van der Waals surface area contributed by atoms with Crippen molar-refractivity contribution >= 4 is 34.1 Å². The average Bonchev–Trinajstić information content (AvgIpc) is 3.64. The molecule has 0 atom stereocenters. The van der Waals surface area contributed by atoms with E-state index in [0.29, 0.717) is 28.7 Å². The van der Waals surface area contributed by atoms with Gasteiger partial charge in [0.05, 0.1) is 0 Å². The molecule has 0 radical (unpaired) electrons. The normalized spacial score (nSPS) is 11.9. The van der Waals surface area contributed by atoms with Gasteiger partial charge in [-0.2, -0.15) is 0 Å². The molecule has 3 aromatic heterocycles. The number of aromatic nitrogens is 2. The fraction of sp³-hybridized carbons (Fsp3) is 0.0769. The van der Waals surface area contributed by atoms with E-state index in [1.165, 1.54) is 5.56 Å². The molecule has 10 rings (SSSR count). The van der Waals surface area contributed by atoms with Crippen LogP contribution in [0, 0.1) is 12.1 Å². The van der Waals surface area contributed by atoms with E-state index >= 15 is 0 Å². The molecule has 0 spiro atoms. The zero-order valence-corrected chi connectivity index (χ0v) is 35.0. The van der Waals surface area contributed by atoms with Crippen LogP contribution < -0.4 is 25.9 Å². The summed E-state index contributed by atoms with van der Waals surface area (Å²) < 4.78 is 19.6. The summed E-state index contributed by atoms with van der Waals surface area (Å²) in [7, 11) is 0. The van der Waals surface area contributed by atoms with Crippen molar-refractivity contribution in [1.29, 1.82) is 0 Å². The molecular formula is C52H37BN2O3Pt. The van der Waals surface area contributed by atoms with Gasteiger partial charge in [-0.25, -0.2) is 0 Å². The minimum Gasteiger partial charge on any atom is -0.497 e. The number of rotatable bonds is 7. The first-order valence-electron chi connectivity index (χ1n) is 19.5. The van der Waals surface area contributed by atoms with Crippen LogP contribution in [0.15, 0.2) is 175 Å². The van der Waals surface area contributed by atoms with Gasteiger partial charge >= 0.3 is 21.1 Å². The third-order valence-corrected chi connectivity index (χ3v) is 10.8. The largest absolute Gasteiger partial charge is 2.00 e. The Kier molecular flexibility index (Phi) is 10.1. The van der Waals surface area contributed by atoms with E-state index in [-0.39, 0.29) is 33.2 Å². The maximum Gasteiger partial charge on any atom is 2.00 e. The second kappa shape index (κ2) is 15.7. The Hall–Kier alpha value is -6.49. The average molecular weight is 944 g/mol. The van der Waals surface area contributed by atoms with Crippen molar-refractivity contribution in [1.82, 2.24) is 9.97 Å². The molecule has 6 aromatic carbocycles. The molecule has 1 aliphatic heterocycles. The van der Waals surface area contributed by atoms with Gasteiger partial charge in [-0.3, -0.25) is 0 Å². The third kappa shape index (κ3) is 7.41. The molecule has 0 saturated carbocycles. The van der Waals surface area contributed by atoms with Crippen LogP contribution in [0.3, 0.4) is 0 Å². The van der Waals surface area contributed by atoms with Crippen LogP contribution in [0.25, 0.3) is 55.7 Å². The molecule has 0 aliphatic carbocycles. The van der Waals surface area contributed by atoms with Crippen LogP contribution in [0.1, 0.15) is 26.3 Å². The summed E-state index contributed by atoms with van der Waals surface area (Å²) in [6, 6.07) is 60.8. The number of furan rings is 1. The van der Waals surface area contributed by atoms with Crippen LogP contribution in [0.2, 0.25) is 0 Å². The van der Waals surface area contributed by atoms with E-state index in [1.807, 2.05) is 73.1 Å². The van der Waals surface area contributed by atoms with Crippen molar-refractivity contribution < 1.29 is 35.0 Å². The van der Waals surface area contributed by atoms with Gasteiger partial charge in [0.2, 0.25) is 0 Å². The Labute approximate surface area is 359 Å². The van der Waals surface area contributed by atoms with Crippen LogP contribution in [-0.4, -0.2) is 16.7 Å². The summed E-state index contributed by atoms with van der Waals surface area (Å²) in [5.74, 6) is 2.32. The number of hydrogen-bond donors (Lipinski definition) is 0. The third-order valence-electron chi connectivity index (χ3n) is 10.8. The smallest absolute Gasteiger partial charge is 0.497 e. The van der Waals surface area contributed by atoms with Crippen molar-refractivity contribution in [3.05, 3.63) is 188 Å². The van der Waals surface area contributed by atoms with Gasteiger partial charge in [-0.1, -0.05) is 141 Å². The molecule has 4 heterocycles. The topological polar surface area (TPSA) is 57.4 Å². The van der Waals surface area contributed by atoms with E-state index in [1.54, 1.807) is 0 Å². The zero-order chi connectivity index (χ0) is 39.2. The first kappa shape index (κ1) is 38.1. The maximum absolute atomic E-state index is 6.71. The first-order valence-corrected chi connectivity index (χ1v) is 19.5. The number of nitrogens with zero attached hydrogens (tertiary/aromatic N) is 2. The predicted octanol–water partition coefficient (Wildman–Crippen LogP) is 11.2. The standard InChI is InChI=1S/C52H37BN2O3.Pt/c1-52(2,3)40-24-25-46(55-33-40)36-18-12-20-42(31-36)56-43-21-13-19-37(32-43)49-50-44(26-27-54-49)48-51(58-50)57-47-23-11-10-22-45(47)53(48)41-29-38(34-14-6-4-7-15-34)28-39(30-41)35-16-8-5-9-17-35;/h4-30,33H,1-3H3;/q-2;+2. The van der Waals surface area contributed by atoms with Crippen LogP contribution >= 0.6 is 0 Å².